The van der Waals surface area contributed by atoms with E-state index in [-0.39, 0.29) is 17.3 Å². The van der Waals surface area contributed by atoms with Crippen LogP contribution in [0.5, 0.6) is 0 Å². The maximum Gasteiger partial charge on any atom is 0.244 e. The summed E-state index contributed by atoms with van der Waals surface area (Å²) in [4.78, 5) is 2.22. The van der Waals surface area contributed by atoms with Gasteiger partial charge < -0.3 is 14.4 Å². The lowest BCUT2D eigenvalue weighted by Gasteiger charge is -2.17. The van der Waals surface area contributed by atoms with Crippen LogP contribution >= 0.6 is 0 Å². The van der Waals surface area contributed by atoms with E-state index < -0.39 is 10.0 Å². The van der Waals surface area contributed by atoms with Gasteiger partial charge in [0.15, 0.2) is 0 Å². The van der Waals surface area contributed by atoms with Gasteiger partial charge in [-0.1, -0.05) is 13.8 Å². The lowest BCUT2D eigenvalue weighted by Crippen LogP contribution is -2.34. The molecule has 0 spiro atoms. The van der Waals surface area contributed by atoms with E-state index in [9.17, 15) is 8.42 Å². The third-order valence-corrected chi connectivity index (χ3v) is 4.55. The molecule has 7 heteroatoms. The number of nitrogens with zero attached hydrogens (tertiary/aromatic N) is 1. The van der Waals surface area contributed by atoms with Gasteiger partial charge in [0.2, 0.25) is 10.0 Å². The highest BCUT2D eigenvalue weighted by Gasteiger charge is 2.20. The van der Waals surface area contributed by atoms with Crippen molar-refractivity contribution >= 4 is 10.0 Å². The first-order valence-electron chi connectivity index (χ1n) is 6.36. The third kappa shape index (κ3) is 4.31. The Morgan fingerprint density at radius 2 is 2.00 bits per heavy atom. The Morgan fingerprint density at radius 3 is 2.47 bits per heavy atom. The number of rotatable bonds is 8. The number of hydrogen-bond acceptors (Lipinski definition) is 5. The molecule has 0 amide bonds. The average Bonchev–Trinajstić information content (AvgIpc) is 2.77. The molecule has 0 fully saturated rings. The van der Waals surface area contributed by atoms with E-state index >= 15 is 0 Å². The van der Waals surface area contributed by atoms with Crippen molar-refractivity contribution in [2.75, 3.05) is 26.2 Å². The van der Waals surface area contributed by atoms with Gasteiger partial charge in [0.1, 0.15) is 23.0 Å². The summed E-state index contributed by atoms with van der Waals surface area (Å²) in [6, 6.07) is 1.36. The molecule has 0 aromatic carbocycles. The van der Waals surface area contributed by atoms with Crippen LogP contribution in [-0.4, -0.2) is 44.6 Å². The molecule has 1 rings (SSSR count). The molecule has 0 unspecified atom stereocenters. The van der Waals surface area contributed by atoms with E-state index in [1.165, 1.54) is 6.07 Å². The third-order valence-electron chi connectivity index (χ3n) is 2.98. The minimum Gasteiger partial charge on any atom is -0.462 e. The molecule has 0 aliphatic rings. The summed E-state index contributed by atoms with van der Waals surface area (Å²) in [7, 11) is -3.57. The van der Waals surface area contributed by atoms with Crippen molar-refractivity contribution < 1.29 is 17.9 Å². The predicted octanol–water partition coefficient (Wildman–Crippen LogP) is 0.700. The van der Waals surface area contributed by atoms with Gasteiger partial charge in [-0.2, -0.15) is 0 Å². The van der Waals surface area contributed by atoms with Crippen LogP contribution in [0.15, 0.2) is 15.4 Å². The number of aryl methyl sites for hydroxylation is 1. The molecule has 0 aliphatic carbocycles. The molecule has 0 saturated heterocycles. The van der Waals surface area contributed by atoms with E-state index in [0.717, 1.165) is 13.1 Å². The number of sulfonamides is 1. The first-order chi connectivity index (χ1) is 8.94. The summed E-state index contributed by atoms with van der Waals surface area (Å²) >= 11 is 0. The van der Waals surface area contributed by atoms with Gasteiger partial charge in [-0.15, -0.1) is 0 Å². The van der Waals surface area contributed by atoms with Gasteiger partial charge in [0.05, 0.1) is 0 Å². The Hall–Kier alpha value is -0.890. The van der Waals surface area contributed by atoms with Crippen molar-refractivity contribution in [3.05, 3.63) is 17.6 Å². The van der Waals surface area contributed by atoms with E-state index in [0.29, 0.717) is 18.8 Å². The van der Waals surface area contributed by atoms with Crippen LogP contribution in [0.2, 0.25) is 0 Å². The van der Waals surface area contributed by atoms with Gasteiger partial charge >= 0.3 is 0 Å². The number of nitrogens with one attached hydrogen (secondary N) is 1. The lowest BCUT2D eigenvalue weighted by molar-refractivity contribution is 0.244. The van der Waals surface area contributed by atoms with E-state index in [1.807, 2.05) is 13.8 Å². The number of hydrogen-bond donors (Lipinski definition) is 2. The predicted molar refractivity (Wildman–Crippen MR) is 72.3 cm³/mol. The Kier molecular flexibility index (Phi) is 5.99. The lowest BCUT2D eigenvalue weighted by atomic mass is 10.4. The van der Waals surface area contributed by atoms with Gasteiger partial charge in [-0.05, 0) is 20.0 Å². The van der Waals surface area contributed by atoms with Crippen LogP contribution in [0.1, 0.15) is 25.4 Å². The van der Waals surface area contributed by atoms with Gasteiger partial charge in [0.25, 0.3) is 0 Å². The van der Waals surface area contributed by atoms with Crippen LogP contribution in [0, 0.1) is 6.92 Å². The fourth-order valence-electron chi connectivity index (χ4n) is 1.82. The van der Waals surface area contributed by atoms with Crippen molar-refractivity contribution in [1.82, 2.24) is 9.62 Å². The molecule has 0 saturated carbocycles. The SMILES string of the molecule is CCN(CC)CCNS(=O)(=O)c1cc(CO)oc1C. The van der Waals surface area contributed by atoms with Gasteiger partial charge in [-0.25, -0.2) is 13.1 Å². The summed E-state index contributed by atoms with van der Waals surface area (Å²) in [6.45, 7) is 8.11. The Morgan fingerprint density at radius 1 is 1.37 bits per heavy atom. The van der Waals surface area contributed by atoms with Crippen molar-refractivity contribution in [2.45, 2.75) is 32.3 Å². The fraction of sp³-hybridized carbons (Fsp3) is 0.667. The molecule has 1 aromatic heterocycles. The molecular weight excluding hydrogens is 268 g/mol. The minimum atomic E-state index is -3.57. The topological polar surface area (TPSA) is 82.8 Å². The molecular formula is C12H22N2O4S. The Labute approximate surface area is 114 Å². The number of aliphatic hydroxyl groups is 1. The number of aliphatic hydroxyl groups excluding tert-OH is 1. The Bertz CT molecular complexity index is 492. The smallest absolute Gasteiger partial charge is 0.244 e. The van der Waals surface area contributed by atoms with Crippen LogP contribution in [-0.2, 0) is 16.6 Å². The number of likely N-dealkylation sites (N-methyl/N-ethyl adjacent to an activating group) is 1. The molecule has 1 heterocycles. The van der Waals surface area contributed by atoms with Crippen molar-refractivity contribution in [2.24, 2.45) is 0 Å². The standard InChI is InChI=1S/C12H22N2O4S/c1-4-14(5-2)7-6-13-19(16,17)12-8-11(9-15)18-10(12)3/h8,13,15H,4-7,9H2,1-3H3. The zero-order valence-corrected chi connectivity index (χ0v) is 12.5. The van der Waals surface area contributed by atoms with Crippen molar-refractivity contribution in [3.63, 3.8) is 0 Å². The Balaban J connectivity index is 2.68. The van der Waals surface area contributed by atoms with Gasteiger partial charge in [0, 0.05) is 19.2 Å². The first-order valence-corrected chi connectivity index (χ1v) is 7.85. The highest BCUT2D eigenvalue weighted by molar-refractivity contribution is 7.89. The fourth-order valence-corrected chi connectivity index (χ4v) is 3.05. The monoisotopic (exact) mass is 290 g/mol. The normalized spacial score (nSPS) is 12.3. The zero-order chi connectivity index (χ0) is 14.5. The summed E-state index contributed by atoms with van der Waals surface area (Å²) in [5, 5.41) is 8.94. The van der Waals surface area contributed by atoms with Crippen LogP contribution in [0.4, 0.5) is 0 Å². The molecule has 0 radical (unpaired) electrons. The van der Waals surface area contributed by atoms with Crippen LogP contribution < -0.4 is 4.72 Å². The maximum absolute atomic E-state index is 12.1. The summed E-state index contributed by atoms with van der Waals surface area (Å²) in [6.07, 6.45) is 0. The summed E-state index contributed by atoms with van der Waals surface area (Å²) in [5.41, 5.74) is 0. The summed E-state index contributed by atoms with van der Waals surface area (Å²) < 4.78 is 31.8. The highest BCUT2D eigenvalue weighted by atomic mass is 32.2. The molecule has 6 nitrogen and oxygen atoms in total. The molecule has 19 heavy (non-hydrogen) atoms. The molecule has 0 bridgehead atoms. The van der Waals surface area contributed by atoms with Crippen LogP contribution in [0.3, 0.4) is 0 Å². The molecule has 0 aliphatic heterocycles. The quantitative estimate of drug-likeness (QED) is 0.736. The molecule has 110 valence electrons. The second kappa shape index (κ2) is 7.04. The van der Waals surface area contributed by atoms with Crippen molar-refractivity contribution in [1.29, 1.82) is 0 Å². The average molecular weight is 290 g/mol. The van der Waals surface area contributed by atoms with E-state index in [1.54, 1.807) is 6.92 Å². The second-order valence-electron chi connectivity index (χ2n) is 4.22. The van der Waals surface area contributed by atoms with E-state index in [2.05, 4.69) is 9.62 Å². The van der Waals surface area contributed by atoms with E-state index in [4.69, 9.17) is 9.52 Å². The largest absolute Gasteiger partial charge is 0.462 e. The number of furan rings is 1. The molecule has 1 aromatic rings. The second-order valence-corrected chi connectivity index (χ2v) is 5.95. The summed E-state index contributed by atoms with van der Waals surface area (Å²) in [5.74, 6) is 0.543. The minimum absolute atomic E-state index is 0.0936. The highest BCUT2D eigenvalue weighted by Crippen LogP contribution is 2.19. The van der Waals surface area contributed by atoms with Crippen molar-refractivity contribution in [3.8, 4) is 0 Å². The molecule has 0 atom stereocenters. The van der Waals surface area contributed by atoms with Gasteiger partial charge in [-0.3, -0.25) is 0 Å². The maximum atomic E-state index is 12.1. The van der Waals surface area contributed by atoms with Crippen LogP contribution in [0.25, 0.3) is 0 Å². The molecule has 2 N–H and O–H groups in total. The first kappa shape index (κ1) is 16.2. The zero-order valence-electron chi connectivity index (χ0n) is 11.6.